The summed E-state index contributed by atoms with van der Waals surface area (Å²) in [6.07, 6.45) is 11.7. The standard InChI is InChI=1S/C14H27N/c1-12(10-13-6-3-4-7-13)15-11-14(2)8-5-9-14/h12-13,15H,3-11H2,1-2H3. The molecule has 1 unspecified atom stereocenters. The Morgan fingerprint density at radius 2 is 1.87 bits per heavy atom. The second kappa shape index (κ2) is 4.86. The molecule has 1 heteroatoms. The van der Waals surface area contributed by atoms with Gasteiger partial charge in [-0.3, -0.25) is 0 Å². The van der Waals surface area contributed by atoms with E-state index in [2.05, 4.69) is 19.2 Å². The number of hydrogen-bond donors (Lipinski definition) is 1. The van der Waals surface area contributed by atoms with Crippen LogP contribution < -0.4 is 5.32 Å². The Morgan fingerprint density at radius 1 is 1.20 bits per heavy atom. The average Bonchev–Trinajstić information content (AvgIpc) is 2.64. The fraction of sp³-hybridized carbons (Fsp3) is 1.00. The summed E-state index contributed by atoms with van der Waals surface area (Å²) < 4.78 is 0. The van der Waals surface area contributed by atoms with Crippen LogP contribution in [0.4, 0.5) is 0 Å². The number of rotatable bonds is 5. The zero-order valence-electron chi connectivity index (χ0n) is 10.5. The third-order valence-corrected chi connectivity index (χ3v) is 4.60. The minimum absolute atomic E-state index is 0.643. The summed E-state index contributed by atoms with van der Waals surface area (Å²) in [4.78, 5) is 0. The maximum absolute atomic E-state index is 3.75. The topological polar surface area (TPSA) is 12.0 Å². The highest BCUT2D eigenvalue weighted by Crippen LogP contribution is 2.39. The first-order valence-corrected chi connectivity index (χ1v) is 6.91. The first-order valence-electron chi connectivity index (χ1n) is 6.91. The van der Waals surface area contributed by atoms with Crippen molar-refractivity contribution in [2.75, 3.05) is 6.54 Å². The predicted molar refractivity (Wildman–Crippen MR) is 66.0 cm³/mol. The maximum atomic E-state index is 3.75. The van der Waals surface area contributed by atoms with Gasteiger partial charge in [0.05, 0.1) is 0 Å². The molecule has 2 aliphatic rings. The van der Waals surface area contributed by atoms with Gasteiger partial charge in [0, 0.05) is 12.6 Å². The van der Waals surface area contributed by atoms with Crippen molar-refractivity contribution >= 4 is 0 Å². The SMILES string of the molecule is CC(CC1CCCC1)NCC1(C)CCC1. The molecule has 2 saturated carbocycles. The van der Waals surface area contributed by atoms with Gasteiger partial charge in [-0.1, -0.05) is 39.0 Å². The van der Waals surface area contributed by atoms with Crippen molar-refractivity contribution in [2.45, 2.75) is 71.3 Å². The van der Waals surface area contributed by atoms with Crippen LogP contribution in [0.15, 0.2) is 0 Å². The molecule has 0 saturated heterocycles. The molecule has 0 radical (unpaired) electrons. The summed E-state index contributed by atoms with van der Waals surface area (Å²) in [5.41, 5.74) is 0.643. The van der Waals surface area contributed by atoms with Gasteiger partial charge in [-0.05, 0) is 37.5 Å². The molecule has 15 heavy (non-hydrogen) atoms. The van der Waals surface area contributed by atoms with Crippen molar-refractivity contribution < 1.29 is 0 Å². The van der Waals surface area contributed by atoms with Crippen LogP contribution in [0.25, 0.3) is 0 Å². The Morgan fingerprint density at radius 3 is 2.40 bits per heavy atom. The quantitative estimate of drug-likeness (QED) is 0.727. The molecular weight excluding hydrogens is 182 g/mol. The van der Waals surface area contributed by atoms with Crippen LogP contribution in [0.5, 0.6) is 0 Å². The van der Waals surface area contributed by atoms with E-state index in [1.807, 2.05) is 0 Å². The normalized spacial score (nSPS) is 27.6. The van der Waals surface area contributed by atoms with Crippen LogP contribution in [0, 0.1) is 11.3 Å². The maximum Gasteiger partial charge on any atom is 0.00415 e. The lowest BCUT2D eigenvalue weighted by molar-refractivity contribution is 0.149. The highest BCUT2D eigenvalue weighted by Gasteiger charge is 2.31. The Labute approximate surface area is 95.0 Å². The molecule has 88 valence electrons. The van der Waals surface area contributed by atoms with Gasteiger partial charge < -0.3 is 5.32 Å². The van der Waals surface area contributed by atoms with Gasteiger partial charge in [-0.25, -0.2) is 0 Å². The van der Waals surface area contributed by atoms with Gasteiger partial charge >= 0.3 is 0 Å². The summed E-state index contributed by atoms with van der Waals surface area (Å²) in [7, 11) is 0. The lowest BCUT2D eigenvalue weighted by Gasteiger charge is -2.39. The van der Waals surface area contributed by atoms with E-state index in [-0.39, 0.29) is 0 Å². The van der Waals surface area contributed by atoms with Crippen LogP contribution in [0.2, 0.25) is 0 Å². The van der Waals surface area contributed by atoms with E-state index >= 15 is 0 Å². The molecule has 2 fully saturated rings. The highest BCUT2D eigenvalue weighted by molar-refractivity contribution is 4.86. The fourth-order valence-electron chi connectivity index (χ4n) is 3.21. The highest BCUT2D eigenvalue weighted by atomic mass is 14.9. The molecule has 0 aromatic carbocycles. The second-order valence-corrected chi connectivity index (χ2v) is 6.33. The Kier molecular flexibility index (Phi) is 3.71. The van der Waals surface area contributed by atoms with Crippen molar-refractivity contribution in [3.8, 4) is 0 Å². The molecule has 1 atom stereocenters. The third-order valence-electron chi connectivity index (χ3n) is 4.60. The molecule has 0 heterocycles. The van der Waals surface area contributed by atoms with Crippen molar-refractivity contribution in [1.29, 1.82) is 0 Å². The lowest BCUT2D eigenvalue weighted by atomic mass is 9.70. The number of nitrogens with one attached hydrogen (secondary N) is 1. The van der Waals surface area contributed by atoms with Gasteiger partial charge in [0.1, 0.15) is 0 Å². The van der Waals surface area contributed by atoms with Gasteiger partial charge in [-0.2, -0.15) is 0 Å². The first-order chi connectivity index (χ1) is 7.18. The van der Waals surface area contributed by atoms with Gasteiger partial charge in [0.2, 0.25) is 0 Å². The summed E-state index contributed by atoms with van der Waals surface area (Å²) in [5, 5.41) is 3.75. The molecule has 1 nitrogen and oxygen atoms in total. The van der Waals surface area contributed by atoms with Crippen molar-refractivity contribution in [3.05, 3.63) is 0 Å². The van der Waals surface area contributed by atoms with Crippen LogP contribution in [-0.2, 0) is 0 Å². The van der Waals surface area contributed by atoms with Crippen molar-refractivity contribution in [1.82, 2.24) is 5.32 Å². The first kappa shape index (κ1) is 11.4. The second-order valence-electron chi connectivity index (χ2n) is 6.33. The van der Waals surface area contributed by atoms with E-state index in [4.69, 9.17) is 0 Å². The van der Waals surface area contributed by atoms with E-state index < -0.39 is 0 Å². The summed E-state index contributed by atoms with van der Waals surface area (Å²) >= 11 is 0. The molecule has 0 aliphatic heterocycles. The summed E-state index contributed by atoms with van der Waals surface area (Å²) in [6, 6.07) is 0.741. The van der Waals surface area contributed by atoms with Crippen molar-refractivity contribution in [2.24, 2.45) is 11.3 Å². The predicted octanol–water partition coefficient (Wildman–Crippen LogP) is 3.74. The van der Waals surface area contributed by atoms with E-state index in [1.165, 1.54) is 57.9 Å². The van der Waals surface area contributed by atoms with Crippen LogP contribution in [0.3, 0.4) is 0 Å². The summed E-state index contributed by atoms with van der Waals surface area (Å²) in [5.74, 6) is 1.03. The minimum atomic E-state index is 0.643. The van der Waals surface area contributed by atoms with E-state index in [9.17, 15) is 0 Å². The molecule has 0 aromatic heterocycles. The number of hydrogen-bond acceptors (Lipinski definition) is 1. The molecule has 1 N–H and O–H groups in total. The Balaban J connectivity index is 1.61. The molecule has 0 bridgehead atoms. The Hall–Kier alpha value is -0.0400. The minimum Gasteiger partial charge on any atom is -0.314 e. The van der Waals surface area contributed by atoms with Crippen LogP contribution in [0.1, 0.15) is 65.2 Å². The zero-order chi connectivity index (χ0) is 10.7. The average molecular weight is 209 g/mol. The van der Waals surface area contributed by atoms with Gasteiger partial charge in [0.15, 0.2) is 0 Å². The van der Waals surface area contributed by atoms with Crippen molar-refractivity contribution in [3.63, 3.8) is 0 Å². The van der Waals surface area contributed by atoms with Crippen LogP contribution in [-0.4, -0.2) is 12.6 Å². The third kappa shape index (κ3) is 3.21. The van der Waals surface area contributed by atoms with Gasteiger partial charge in [-0.15, -0.1) is 0 Å². The molecule has 0 amide bonds. The van der Waals surface area contributed by atoms with Crippen LogP contribution >= 0.6 is 0 Å². The molecule has 2 rings (SSSR count). The summed E-state index contributed by atoms with van der Waals surface area (Å²) in [6.45, 7) is 6.06. The largest absolute Gasteiger partial charge is 0.314 e. The molecule has 0 aromatic rings. The smallest absolute Gasteiger partial charge is 0.00415 e. The van der Waals surface area contributed by atoms with E-state index in [0.29, 0.717) is 5.41 Å². The monoisotopic (exact) mass is 209 g/mol. The fourth-order valence-corrected chi connectivity index (χ4v) is 3.21. The van der Waals surface area contributed by atoms with E-state index in [0.717, 1.165) is 12.0 Å². The molecule has 0 spiro atoms. The zero-order valence-corrected chi connectivity index (χ0v) is 10.5. The molecule has 2 aliphatic carbocycles. The molecular formula is C14H27N. The Bertz CT molecular complexity index is 190. The van der Waals surface area contributed by atoms with Gasteiger partial charge in [0.25, 0.3) is 0 Å². The lowest BCUT2D eigenvalue weighted by Crippen LogP contribution is -2.41. The van der Waals surface area contributed by atoms with E-state index in [1.54, 1.807) is 0 Å².